The number of piperidine rings is 1. The van der Waals surface area contributed by atoms with Crippen LogP contribution in [0.25, 0.3) is 0 Å². The summed E-state index contributed by atoms with van der Waals surface area (Å²) in [6.07, 6.45) is 0.726. The van der Waals surface area contributed by atoms with Gasteiger partial charge in [-0.05, 0) is 62.1 Å². The van der Waals surface area contributed by atoms with E-state index in [2.05, 4.69) is 0 Å². The zero-order valence-corrected chi connectivity index (χ0v) is 23.4. The maximum Gasteiger partial charge on any atom is 0.231 e. The van der Waals surface area contributed by atoms with Crippen molar-refractivity contribution in [3.8, 4) is 0 Å². The first kappa shape index (κ1) is 30.6. The summed E-state index contributed by atoms with van der Waals surface area (Å²) in [5.74, 6) is -6.39. The Balaban J connectivity index is 1.56. The van der Waals surface area contributed by atoms with Crippen LogP contribution in [0, 0.1) is 34.6 Å². The van der Waals surface area contributed by atoms with Crippen molar-refractivity contribution < 1.29 is 36.7 Å². The largest absolute Gasteiger partial charge is 0.376 e. The zero-order valence-electron chi connectivity index (χ0n) is 23.4. The van der Waals surface area contributed by atoms with E-state index in [4.69, 9.17) is 10.5 Å². The number of rotatable bonds is 9. The van der Waals surface area contributed by atoms with Gasteiger partial charge in [0.05, 0.1) is 30.1 Å². The van der Waals surface area contributed by atoms with Gasteiger partial charge in [-0.2, -0.15) is 0 Å². The van der Waals surface area contributed by atoms with Gasteiger partial charge in [0.2, 0.25) is 11.8 Å². The number of hydrogen-bond acceptors (Lipinski definition) is 5. The molecule has 3 atom stereocenters. The highest BCUT2D eigenvalue weighted by Crippen LogP contribution is 2.49. The molecule has 222 valence electrons. The topological polar surface area (TPSA) is 92.9 Å². The number of halogens is 4. The minimum Gasteiger partial charge on any atom is -0.376 e. The molecule has 7 nitrogen and oxygen atoms in total. The van der Waals surface area contributed by atoms with Crippen molar-refractivity contribution in [2.24, 2.45) is 17.1 Å². The van der Waals surface area contributed by atoms with Crippen LogP contribution in [-0.4, -0.2) is 66.2 Å². The molecular formula is C30H35F4N3O4. The van der Waals surface area contributed by atoms with Gasteiger partial charge >= 0.3 is 0 Å². The van der Waals surface area contributed by atoms with E-state index in [1.807, 2.05) is 0 Å². The van der Waals surface area contributed by atoms with Crippen LogP contribution < -0.4 is 5.73 Å². The summed E-state index contributed by atoms with van der Waals surface area (Å²) in [5, 5.41) is 0. The average molecular weight is 578 g/mol. The Bertz CT molecular complexity index is 1330. The van der Waals surface area contributed by atoms with Crippen LogP contribution >= 0.6 is 0 Å². The molecule has 2 aromatic rings. The van der Waals surface area contributed by atoms with Crippen molar-refractivity contribution in [2.75, 3.05) is 33.3 Å². The third-order valence-corrected chi connectivity index (χ3v) is 8.15. The molecule has 0 bridgehead atoms. The van der Waals surface area contributed by atoms with E-state index in [9.17, 15) is 31.9 Å². The molecule has 0 radical (unpaired) electrons. The van der Waals surface area contributed by atoms with E-state index < -0.39 is 52.0 Å². The van der Waals surface area contributed by atoms with Crippen LogP contribution in [0.3, 0.4) is 0 Å². The number of likely N-dealkylation sites (tertiary alicyclic amines) is 2. The number of Topliss-reactive ketones (excluding diaryl/α,β-unsaturated/α-hetero) is 1. The first-order chi connectivity index (χ1) is 19.2. The van der Waals surface area contributed by atoms with Gasteiger partial charge < -0.3 is 20.3 Å². The van der Waals surface area contributed by atoms with Crippen LogP contribution in [-0.2, 0) is 25.7 Å². The first-order valence-electron chi connectivity index (χ1n) is 13.6. The molecule has 2 aliphatic rings. The summed E-state index contributed by atoms with van der Waals surface area (Å²) in [6.45, 7) is 3.42. The second-order valence-electron chi connectivity index (χ2n) is 11.7. The molecule has 2 unspecified atom stereocenters. The van der Waals surface area contributed by atoms with Crippen molar-refractivity contribution in [3.63, 3.8) is 0 Å². The molecule has 2 heterocycles. The lowest BCUT2D eigenvalue weighted by Gasteiger charge is -2.43. The quantitative estimate of drug-likeness (QED) is 0.456. The second-order valence-corrected chi connectivity index (χ2v) is 11.7. The molecule has 2 fully saturated rings. The fraction of sp³-hybridized carbons (Fsp3) is 0.500. The van der Waals surface area contributed by atoms with Gasteiger partial charge in [0, 0.05) is 39.0 Å². The maximum atomic E-state index is 14.2. The maximum absolute atomic E-state index is 14.2. The number of nitrogens with two attached hydrogens (primary N) is 1. The van der Waals surface area contributed by atoms with Gasteiger partial charge in [-0.3, -0.25) is 14.4 Å². The van der Waals surface area contributed by atoms with Gasteiger partial charge in [-0.25, -0.2) is 17.6 Å². The lowest BCUT2D eigenvalue weighted by atomic mass is 9.68. The molecule has 2 saturated heterocycles. The number of carbonyl (C=O) groups is 3. The summed E-state index contributed by atoms with van der Waals surface area (Å²) in [7, 11) is 1.64. The van der Waals surface area contributed by atoms with Gasteiger partial charge in [-0.15, -0.1) is 0 Å². The fourth-order valence-electron chi connectivity index (χ4n) is 5.86. The molecule has 2 aromatic carbocycles. The number of ketones is 1. The van der Waals surface area contributed by atoms with Crippen LogP contribution in [0.1, 0.15) is 50.2 Å². The van der Waals surface area contributed by atoms with Crippen molar-refractivity contribution in [1.29, 1.82) is 0 Å². The summed E-state index contributed by atoms with van der Waals surface area (Å²) in [4.78, 5) is 43.3. The van der Waals surface area contributed by atoms with Crippen LogP contribution in [0.4, 0.5) is 17.6 Å². The smallest absolute Gasteiger partial charge is 0.231 e. The highest BCUT2D eigenvalue weighted by atomic mass is 19.2. The molecule has 0 aromatic heterocycles. The SMILES string of the molecule is CN1CC(c2ccc(F)c(F)c2)C2(CCCN(C(=O)[C@@H](COCc3ccc(F)c(F)c3)CC(=O)C(C)(C)N)C2)C1=O. The molecule has 2 amide bonds. The Kier molecular flexibility index (Phi) is 8.89. The number of nitrogens with zero attached hydrogens (tertiary/aromatic N) is 2. The molecule has 0 saturated carbocycles. The Morgan fingerprint density at radius 3 is 2.37 bits per heavy atom. The number of carbonyl (C=O) groups excluding carboxylic acids is 3. The number of ether oxygens (including phenoxy) is 1. The normalized spacial score (nSPS) is 22.0. The van der Waals surface area contributed by atoms with E-state index in [1.165, 1.54) is 30.9 Å². The molecule has 1 spiro atoms. The standard InChI is InChI=1S/C30H35F4N3O4/c1-29(2,35)26(38)13-20(16-41-15-18-5-7-22(31)24(33)11-18)27(39)37-10-4-9-30(17-37)21(14-36(3)28(30)40)19-6-8-23(32)25(34)12-19/h5-8,11-12,20-21H,4,9-10,13-17,35H2,1-3H3/t20-,21?,30?/m1/s1. The Hall–Kier alpha value is -3.31. The predicted octanol–water partition coefficient (Wildman–Crippen LogP) is 3.94. The highest BCUT2D eigenvalue weighted by molar-refractivity contribution is 5.92. The summed E-state index contributed by atoms with van der Waals surface area (Å²) < 4.78 is 60.4. The predicted molar refractivity (Wildman–Crippen MR) is 142 cm³/mol. The van der Waals surface area contributed by atoms with Gasteiger partial charge in [0.15, 0.2) is 29.1 Å². The van der Waals surface area contributed by atoms with Crippen LogP contribution in [0.5, 0.6) is 0 Å². The Morgan fingerprint density at radius 1 is 1.07 bits per heavy atom. The second kappa shape index (κ2) is 11.9. The van der Waals surface area contributed by atoms with E-state index in [-0.39, 0.29) is 44.4 Å². The fourth-order valence-corrected chi connectivity index (χ4v) is 5.86. The highest BCUT2D eigenvalue weighted by Gasteiger charge is 2.56. The Morgan fingerprint density at radius 2 is 1.73 bits per heavy atom. The molecule has 0 aliphatic carbocycles. The Labute approximate surface area is 236 Å². The van der Waals surface area contributed by atoms with E-state index in [0.29, 0.717) is 30.5 Å². The van der Waals surface area contributed by atoms with Crippen molar-refractivity contribution in [2.45, 2.75) is 51.2 Å². The van der Waals surface area contributed by atoms with Gasteiger partial charge in [-0.1, -0.05) is 12.1 Å². The molecule has 11 heteroatoms. The summed E-state index contributed by atoms with van der Waals surface area (Å²) in [5.41, 5.74) is 4.57. The summed E-state index contributed by atoms with van der Waals surface area (Å²) >= 11 is 0. The molecule has 4 rings (SSSR count). The van der Waals surface area contributed by atoms with E-state index >= 15 is 0 Å². The molecule has 2 N–H and O–H groups in total. The van der Waals surface area contributed by atoms with Gasteiger partial charge in [0.1, 0.15) is 0 Å². The van der Waals surface area contributed by atoms with Crippen LogP contribution in [0.15, 0.2) is 36.4 Å². The van der Waals surface area contributed by atoms with Crippen molar-refractivity contribution >= 4 is 17.6 Å². The van der Waals surface area contributed by atoms with Crippen molar-refractivity contribution in [3.05, 3.63) is 70.8 Å². The molecule has 41 heavy (non-hydrogen) atoms. The minimum absolute atomic E-state index is 0.0402. The lowest BCUT2D eigenvalue weighted by molar-refractivity contribution is -0.148. The third kappa shape index (κ3) is 6.46. The van der Waals surface area contributed by atoms with Crippen molar-refractivity contribution in [1.82, 2.24) is 9.80 Å². The van der Waals surface area contributed by atoms with E-state index in [0.717, 1.165) is 24.3 Å². The number of benzene rings is 2. The molecular weight excluding hydrogens is 542 g/mol. The average Bonchev–Trinajstić information content (AvgIpc) is 3.15. The molecule has 2 aliphatic heterocycles. The number of amides is 2. The summed E-state index contributed by atoms with van der Waals surface area (Å²) in [6, 6.07) is 6.94. The van der Waals surface area contributed by atoms with Crippen LogP contribution in [0.2, 0.25) is 0 Å². The minimum atomic E-state index is -1.20. The first-order valence-corrected chi connectivity index (χ1v) is 13.6. The monoisotopic (exact) mass is 577 g/mol. The lowest BCUT2D eigenvalue weighted by Crippen LogP contribution is -2.53. The number of likely N-dealkylation sites (N-methyl/N-ethyl adjacent to an activating group) is 1. The zero-order chi connectivity index (χ0) is 30.1. The van der Waals surface area contributed by atoms with E-state index in [1.54, 1.807) is 11.9 Å². The van der Waals surface area contributed by atoms with Gasteiger partial charge in [0.25, 0.3) is 0 Å². The number of hydrogen-bond donors (Lipinski definition) is 1. The third-order valence-electron chi connectivity index (χ3n) is 8.15.